The molecular formula is C10H20ClF3N2. The van der Waals surface area contributed by atoms with Gasteiger partial charge in [0.1, 0.15) is 0 Å². The van der Waals surface area contributed by atoms with Gasteiger partial charge in [0.2, 0.25) is 0 Å². The van der Waals surface area contributed by atoms with E-state index < -0.39 is 12.7 Å². The standard InChI is InChI=1S/C10H19F3N2.ClH/c1-2-15(8-10(11,12)13)7-9-4-3-5-14-6-9;/h9,14H,2-8H2,1H3;1H. The number of hydrogen-bond acceptors (Lipinski definition) is 2. The minimum absolute atomic E-state index is 0. The van der Waals surface area contributed by atoms with Gasteiger partial charge in [0.25, 0.3) is 0 Å². The first kappa shape index (κ1) is 16.0. The zero-order valence-corrected chi connectivity index (χ0v) is 10.3. The molecule has 0 radical (unpaired) electrons. The molecule has 16 heavy (non-hydrogen) atoms. The average molecular weight is 261 g/mol. The molecule has 6 heteroatoms. The molecule has 1 aliphatic heterocycles. The van der Waals surface area contributed by atoms with Crippen molar-refractivity contribution in [2.24, 2.45) is 5.92 Å². The third kappa shape index (κ3) is 6.55. The molecule has 0 bridgehead atoms. The van der Waals surface area contributed by atoms with Gasteiger partial charge in [-0.3, -0.25) is 4.90 Å². The first-order valence-corrected chi connectivity index (χ1v) is 5.51. The van der Waals surface area contributed by atoms with Crippen LogP contribution in [-0.4, -0.2) is 43.8 Å². The Morgan fingerprint density at radius 3 is 2.50 bits per heavy atom. The Kier molecular flexibility index (Phi) is 7.35. The Morgan fingerprint density at radius 1 is 1.38 bits per heavy atom. The number of nitrogens with zero attached hydrogens (tertiary/aromatic N) is 1. The molecule has 0 aromatic heterocycles. The van der Waals surface area contributed by atoms with Crippen LogP contribution in [0.2, 0.25) is 0 Å². The predicted molar refractivity (Wildman–Crippen MR) is 61.0 cm³/mol. The highest BCUT2D eigenvalue weighted by Gasteiger charge is 2.31. The van der Waals surface area contributed by atoms with Gasteiger partial charge in [-0.15, -0.1) is 12.4 Å². The van der Waals surface area contributed by atoms with Gasteiger partial charge in [0, 0.05) is 6.54 Å². The van der Waals surface area contributed by atoms with E-state index in [1.165, 1.54) is 4.90 Å². The van der Waals surface area contributed by atoms with Crippen LogP contribution in [0.3, 0.4) is 0 Å². The van der Waals surface area contributed by atoms with Gasteiger partial charge in [0.05, 0.1) is 6.54 Å². The fourth-order valence-electron chi connectivity index (χ4n) is 2.00. The van der Waals surface area contributed by atoms with E-state index in [-0.39, 0.29) is 12.4 Å². The Bertz CT molecular complexity index is 181. The minimum atomic E-state index is -4.07. The zero-order chi connectivity index (χ0) is 11.3. The predicted octanol–water partition coefficient (Wildman–Crippen LogP) is 2.29. The Labute approximate surface area is 101 Å². The van der Waals surface area contributed by atoms with Crippen molar-refractivity contribution < 1.29 is 13.2 Å². The Hall–Kier alpha value is -0.0000000000000000555. The van der Waals surface area contributed by atoms with Crippen LogP contribution in [0.4, 0.5) is 13.2 Å². The quantitative estimate of drug-likeness (QED) is 0.834. The van der Waals surface area contributed by atoms with Crippen LogP contribution in [0.15, 0.2) is 0 Å². The van der Waals surface area contributed by atoms with Gasteiger partial charge in [-0.05, 0) is 38.4 Å². The van der Waals surface area contributed by atoms with Crippen molar-refractivity contribution in [3.8, 4) is 0 Å². The lowest BCUT2D eigenvalue weighted by atomic mass is 9.99. The monoisotopic (exact) mass is 260 g/mol. The number of rotatable bonds is 4. The summed E-state index contributed by atoms with van der Waals surface area (Å²) in [6.45, 7) is 3.89. The lowest BCUT2D eigenvalue weighted by molar-refractivity contribution is -0.146. The fraction of sp³-hybridized carbons (Fsp3) is 1.00. The van der Waals surface area contributed by atoms with E-state index in [2.05, 4.69) is 5.32 Å². The summed E-state index contributed by atoms with van der Waals surface area (Å²) in [5.41, 5.74) is 0. The lowest BCUT2D eigenvalue weighted by Gasteiger charge is -2.29. The molecule has 1 fully saturated rings. The molecule has 0 amide bonds. The summed E-state index contributed by atoms with van der Waals surface area (Å²) < 4.78 is 36.6. The first-order valence-electron chi connectivity index (χ1n) is 5.51. The SMILES string of the molecule is CCN(CC1CCCNC1)CC(F)(F)F.Cl. The van der Waals surface area contributed by atoms with Crippen LogP contribution in [0, 0.1) is 5.92 Å². The molecule has 2 nitrogen and oxygen atoms in total. The van der Waals surface area contributed by atoms with Crippen LogP contribution < -0.4 is 5.32 Å². The minimum Gasteiger partial charge on any atom is -0.316 e. The molecular weight excluding hydrogens is 241 g/mol. The van der Waals surface area contributed by atoms with Crippen LogP contribution in [0.5, 0.6) is 0 Å². The van der Waals surface area contributed by atoms with Gasteiger partial charge < -0.3 is 5.32 Å². The summed E-state index contributed by atoms with van der Waals surface area (Å²) in [6, 6.07) is 0. The maximum atomic E-state index is 12.2. The van der Waals surface area contributed by atoms with Crippen molar-refractivity contribution >= 4 is 12.4 Å². The van der Waals surface area contributed by atoms with E-state index >= 15 is 0 Å². The molecule has 1 N–H and O–H groups in total. The summed E-state index contributed by atoms with van der Waals surface area (Å²) in [6.07, 6.45) is -1.95. The normalized spacial score (nSPS) is 21.9. The highest BCUT2D eigenvalue weighted by molar-refractivity contribution is 5.85. The number of halogens is 4. The van der Waals surface area contributed by atoms with Crippen molar-refractivity contribution in [3.05, 3.63) is 0 Å². The molecule has 1 rings (SSSR count). The topological polar surface area (TPSA) is 15.3 Å². The third-order valence-corrected chi connectivity index (χ3v) is 2.77. The maximum Gasteiger partial charge on any atom is 0.401 e. The lowest BCUT2D eigenvalue weighted by Crippen LogP contribution is -2.41. The molecule has 0 aromatic carbocycles. The largest absolute Gasteiger partial charge is 0.401 e. The van der Waals surface area contributed by atoms with E-state index in [4.69, 9.17) is 0 Å². The summed E-state index contributed by atoms with van der Waals surface area (Å²) >= 11 is 0. The molecule has 0 aromatic rings. The van der Waals surface area contributed by atoms with Crippen molar-refractivity contribution in [1.29, 1.82) is 0 Å². The molecule has 0 saturated carbocycles. The summed E-state index contributed by atoms with van der Waals surface area (Å²) in [7, 11) is 0. The van der Waals surface area contributed by atoms with Crippen molar-refractivity contribution in [3.63, 3.8) is 0 Å². The van der Waals surface area contributed by atoms with Crippen LogP contribution in [-0.2, 0) is 0 Å². The molecule has 1 saturated heterocycles. The molecule has 1 unspecified atom stereocenters. The van der Waals surface area contributed by atoms with Gasteiger partial charge in [-0.1, -0.05) is 6.92 Å². The molecule has 98 valence electrons. The molecule has 1 aliphatic rings. The van der Waals surface area contributed by atoms with Gasteiger partial charge >= 0.3 is 6.18 Å². The molecule has 0 aliphatic carbocycles. The summed E-state index contributed by atoms with van der Waals surface area (Å²) in [5.74, 6) is 0.376. The van der Waals surface area contributed by atoms with Crippen molar-refractivity contribution in [2.75, 3.05) is 32.7 Å². The van der Waals surface area contributed by atoms with Gasteiger partial charge in [-0.25, -0.2) is 0 Å². The molecule has 1 heterocycles. The highest BCUT2D eigenvalue weighted by atomic mass is 35.5. The van der Waals surface area contributed by atoms with Crippen LogP contribution in [0.1, 0.15) is 19.8 Å². The molecule has 1 atom stereocenters. The van der Waals surface area contributed by atoms with E-state index in [9.17, 15) is 13.2 Å². The van der Waals surface area contributed by atoms with E-state index in [1.807, 2.05) is 0 Å². The van der Waals surface area contributed by atoms with Crippen LogP contribution >= 0.6 is 12.4 Å². The second-order valence-electron chi connectivity index (χ2n) is 4.16. The van der Waals surface area contributed by atoms with E-state index in [0.717, 1.165) is 25.9 Å². The van der Waals surface area contributed by atoms with Crippen molar-refractivity contribution in [2.45, 2.75) is 25.9 Å². The second kappa shape index (κ2) is 7.35. The number of piperidine rings is 1. The average Bonchev–Trinajstić information content (AvgIpc) is 2.16. The third-order valence-electron chi connectivity index (χ3n) is 2.77. The number of hydrogen-bond donors (Lipinski definition) is 1. The smallest absolute Gasteiger partial charge is 0.316 e. The zero-order valence-electron chi connectivity index (χ0n) is 9.52. The van der Waals surface area contributed by atoms with Crippen molar-refractivity contribution in [1.82, 2.24) is 10.2 Å². The van der Waals surface area contributed by atoms with Crippen LogP contribution in [0.25, 0.3) is 0 Å². The Morgan fingerprint density at radius 2 is 2.06 bits per heavy atom. The highest BCUT2D eigenvalue weighted by Crippen LogP contribution is 2.18. The van der Waals surface area contributed by atoms with E-state index in [1.54, 1.807) is 6.92 Å². The van der Waals surface area contributed by atoms with E-state index in [0.29, 0.717) is 19.0 Å². The fourth-order valence-corrected chi connectivity index (χ4v) is 2.00. The maximum absolute atomic E-state index is 12.2. The number of nitrogens with one attached hydrogen (secondary N) is 1. The molecule has 0 spiro atoms. The second-order valence-corrected chi connectivity index (χ2v) is 4.16. The first-order chi connectivity index (χ1) is 7.01. The number of alkyl halides is 3. The van der Waals surface area contributed by atoms with Gasteiger partial charge in [0.15, 0.2) is 0 Å². The Balaban J connectivity index is 0.00000225. The summed E-state index contributed by atoms with van der Waals surface area (Å²) in [5, 5.41) is 3.22. The van der Waals surface area contributed by atoms with Gasteiger partial charge in [-0.2, -0.15) is 13.2 Å². The summed E-state index contributed by atoms with van der Waals surface area (Å²) in [4.78, 5) is 1.48.